The monoisotopic (exact) mass is 475 g/mol. The molecule has 4 rings (SSSR count). The third-order valence-electron chi connectivity index (χ3n) is 5.12. The quantitative estimate of drug-likeness (QED) is 0.595. The Labute approximate surface area is 189 Å². The van der Waals surface area contributed by atoms with Crippen LogP contribution in [0.1, 0.15) is 22.3 Å². The van der Waals surface area contributed by atoms with E-state index in [9.17, 15) is 17.6 Å². The second kappa shape index (κ2) is 8.76. The second-order valence-electron chi connectivity index (χ2n) is 7.11. The van der Waals surface area contributed by atoms with Gasteiger partial charge in [-0.1, -0.05) is 23.7 Å². The Balaban J connectivity index is 1.67. The SMILES string of the molecule is COc1ccc(S(=O)(=O)N2CCCc3ccc(NC(=O)c4c(F)cccc4Cl)cc32)cn1. The van der Waals surface area contributed by atoms with E-state index in [0.717, 1.165) is 11.6 Å². The number of amides is 1. The summed E-state index contributed by atoms with van der Waals surface area (Å²) in [5.74, 6) is -1.17. The first-order valence-corrected chi connectivity index (χ1v) is 11.5. The first-order valence-electron chi connectivity index (χ1n) is 9.72. The highest BCUT2D eigenvalue weighted by molar-refractivity contribution is 7.92. The van der Waals surface area contributed by atoms with Crippen molar-refractivity contribution in [3.63, 3.8) is 0 Å². The Kier molecular flexibility index (Phi) is 6.03. The summed E-state index contributed by atoms with van der Waals surface area (Å²) < 4.78 is 46.9. The minimum absolute atomic E-state index is 0.0170. The molecule has 0 bridgehead atoms. The minimum atomic E-state index is -3.89. The molecule has 0 aliphatic carbocycles. The molecular formula is C22H19ClFN3O4S. The Morgan fingerprint density at radius 3 is 2.72 bits per heavy atom. The molecule has 0 unspecified atom stereocenters. The first-order chi connectivity index (χ1) is 15.3. The summed E-state index contributed by atoms with van der Waals surface area (Å²) in [6, 6.07) is 11.8. The van der Waals surface area contributed by atoms with Crippen LogP contribution in [0.15, 0.2) is 59.6 Å². The van der Waals surface area contributed by atoms with Crippen LogP contribution in [0, 0.1) is 5.82 Å². The van der Waals surface area contributed by atoms with Gasteiger partial charge in [-0.05, 0) is 48.7 Å². The smallest absolute Gasteiger partial charge is 0.265 e. The number of carbonyl (C=O) groups excluding carboxylic acids is 1. The number of pyridine rings is 1. The number of hydrogen-bond donors (Lipinski definition) is 1. The molecule has 1 amide bonds. The molecule has 0 saturated heterocycles. The summed E-state index contributed by atoms with van der Waals surface area (Å²) in [7, 11) is -2.44. The maximum absolute atomic E-state index is 14.1. The molecule has 3 aromatic rings. The number of methoxy groups -OCH3 is 1. The molecule has 1 aliphatic rings. The predicted molar refractivity (Wildman–Crippen MR) is 119 cm³/mol. The molecule has 0 saturated carbocycles. The van der Waals surface area contributed by atoms with Crippen LogP contribution in [0.25, 0.3) is 0 Å². The highest BCUT2D eigenvalue weighted by Crippen LogP contribution is 2.34. The lowest BCUT2D eigenvalue weighted by atomic mass is 10.0. The average molecular weight is 476 g/mol. The van der Waals surface area contributed by atoms with Crippen LogP contribution in [-0.4, -0.2) is 33.0 Å². The standard InChI is InChI=1S/C22H19ClFN3O4S/c1-31-20-10-9-16(13-25-20)32(29,30)27-11-3-4-14-7-8-15(12-19(14)27)26-22(28)21-17(23)5-2-6-18(21)24/h2,5-10,12-13H,3-4,11H2,1H3,(H,26,28). The third-order valence-corrected chi connectivity index (χ3v) is 7.23. The van der Waals surface area contributed by atoms with Gasteiger partial charge in [0.15, 0.2) is 0 Å². The molecule has 7 nitrogen and oxygen atoms in total. The van der Waals surface area contributed by atoms with E-state index in [2.05, 4.69) is 10.3 Å². The molecule has 0 atom stereocenters. The van der Waals surface area contributed by atoms with E-state index >= 15 is 0 Å². The highest BCUT2D eigenvalue weighted by atomic mass is 35.5. The molecule has 0 radical (unpaired) electrons. The minimum Gasteiger partial charge on any atom is -0.481 e. The summed E-state index contributed by atoms with van der Waals surface area (Å²) in [4.78, 5) is 16.6. The van der Waals surface area contributed by atoms with Gasteiger partial charge in [-0.15, -0.1) is 0 Å². The summed E-state index contributed by atoms with van der Waals surface area (Å²) in [5.41, 5.74) is 1.32. The van der Waals surface area contributed by atoms with E-state index in [4.69, 9.17) is 16.3 Å². The Morgan fingerprint density at radius 2 is 2.03 bits per heavy atom. The van der Waals surface area contributed by atoms with Crippen LogP contribution < -0.4 is 14.4 Å². The maximum Gasteiger partial charge on any atom is 0.265 e. The molecule has 1 aliphatic heterocycles. The zero-order valence-corrected chi connectivity index (χ0v) is 18.6. The summed E-state index contributed by atoms with van der Waals surface area (Å²) in [6.07, 6.45) is 2.58. The van der Waals surface area contributed by atoms with E-state index in [1.807, 2.05) is 0 Å². The van der Waals surface area contributed by atoms with Crippen LogP contribution in [0.4, 0.5) is 15.8 Å². The van der Waals surface area contributed by atoms with Gasteiger partial charge in [0.1, 0.15) is 10.7 Å². The first kappa shape index (κ1) is 22.0. The largest absolute Gasteiger partial charge is 0.481 e. The number of anilines is 2. The summed E-state index contributed by atoms with van der Waals surface area (Å²) in [6.45, 7) is 0.276. The van der Waals surface area contributed by atoms with Gasteiger partial charge in [0, 0.05) is 18.3 Å². The molecule has 1 aromatic heterocycles. The zero-order chi connectivity index (χ0) is 22.9. The fraction of sp³-hybridized carbons (Fsp3) is 0.182. The number of benzene rings is 2. The van der Waals surface area contributed by atoms with Crippen LogP contribution in [0.5, 0.6) is 5.88 Å². The van der Waals surface area contributed by atoms with Gasteiger partial charge in [0.05, 0.1) is 29.6 Å². The van der Waals surface area contributed by atoms with E-state index in [-0.39, 0.29) is 22.0 Å². The van der Waals surface area contributed by atoms with Crippen LogP contribution in [-0.2, 0) is 16.4 Å². The lowest BCUT2D eigenvalue weighted by molar-refractivity contribution is 0.102. The van der Waals surface area contributed by atoms with Crippen molar-refractivity contribution in [2.24, 2.45) is 0 Å². The number of aryl methyl sites for hydroxylation is 1. The zero-order valence-electron chi connectivity index (χ0n) is 17.0. The molecule has 2 heterocycles. The lowest BCUT2D eigenvalue weighted by Gasteiger charge is -2.31. The normalized spacial score (nSPS) is 13.4. The van der Waals surface area contributed by atoms with Gasteiger partial charge in [0.25, 0.3) is 15.9 Å². The Morgan fingerprint density at radius 1 is 1.22 bits per heavy atom. The number of ether oxygens (including phenoxy) is 1. The van der Waals surface area contributed by atoms with Gasteiger partial charge in [-0.2, -0.15) is 0 Å². The molecule has 166 valence electrons. The van der Waals surface area contributed by atoms with Gasteiger partial charge in [0.2, 0.25) is 5.88 Å². The number of carbonyl (C=O) groups is 1. The van der Waals surface area contributed by atoms with Crippen molar-refractivity contribution in [1.82, 2.24) is 4.98 Å². The van der Waals surface area contributed by atoms with Crippen molar-refractivity contribution in [3.05, 3.63) is 76.7 Å². The number of hydrogen-bond acceptors (Lipinski definition) is 5. The van der Waals surface area contributed by atoms with E-state index in [1.165, 1.54) is 41.9 Å². The number of aromatic nitrogens is 1. The number of fused-ring (bicyclic) bond motifs is 1. The highest BCUT2D eigenvalue weighted by Gasteiger charge is 2.30. The van der Waals surface area contributed by atoms with E-state index in [1.54, 1.807) is 18.2 Å². The molecule has 1 N–H and O–H groups in total. The van der Waals surface area contributed by atoms with Gasteiger partial charge < -0.3 is 10.1 Å². The van der Waals surface area contributed by atoms with Crippen molar-refractivity contribution in [3.8, 4) is 5.88 Å². The molecule has 10 heteroatoms. The number of halogens is 2. The van der Waals surface area contributed by atoms with E-state index in [0.29, 0.717) is 30.1 Å². The molecule has 2 aromatic carbocycles. The lowest BCUT2D eigenvalue weighted by Crippen LogP contribution is -2.35. The summed E-state index contributed by atoms with van der Waals surface area (Å²) >= 11 is 5.98. The van der Waals surface area contributed by atoms with Gasteiger partial charge in [-0.25, -0.2) is 17.8 Å². The Bertz CT molecular complexity index is 1260. The Hall–Kier alpha value is -3.17. The molecule has 0 fully saturated rings. The molecular weight excluding hydrogens is 457 g/mol. The molecule has 32 heavy (non-hydrogen) atoms. The van der Waals surface area contributed by atoms with Crippen molar-refractivity contribution >= 4 is 38.9 Å². The van der Waals surface area contributed by atoms with Crippen molar-refractivity contribution in [2.75, 3.05) is 23.3 Å². The average Bonchev–Trinajstić information content (AvgIpc) is 2.78. The van der Waals surface area contributed by atoms with E-state index < -0.39 is 21.7 Å². The molecule has 0 spiro atoms. The van der Waals surface area contributed by atoms with Crippen molar-refractivity contribution in [2.45, 2.75) is 17.7 Å². The van der Waals surface area contributed by atoms with Crippen LogP contribution >= 0.6 is 11.6 Å². The third kappa shape index (κ3) is 4.13. The number of nitrogens with zero attached hydrogens (tertiary/aromatic N) is 2. The van der Waals surface area contributed by atoms with Crippen molar-refractivity contribution in [1.29, 1.82) is 0 Å². The van der Waals surface area contributed by atoms with Crippen LogP contribution in [0.3, 0.4) is 0 Å². The van der Waals surface area contributed by atoms with Crippen molar-refractivity contribution < 1.29 is 22.3 Å². The fourth-order valence-corrected chi connectivity index (χ4v) is 5.27. The number of sulfonamides is 1. The predicted octanol–water partition coefficient (Wildman–Crippen LogP) is 4.28. The number of nitrogens with one attached hydrogen (secondary N) is 1. The summed E-state index contributed by atoms with van der Waals surface area (Å²) in [5, 5.41) is 2.59. The van der Waals surface area contributed by atoms with Gasteiger partial charge in [-0.3, -0.25) is 9.10 Å². The maximum atomic E-state index is 14.1. The fourth-order valence-electron chi connectivity index (χ4n) is 3.54. The van der Waals surface area contributed by atoms with Crippen LogP contribution in [0.2, 0.25) is 5.02 Å². The topological polar surface area (TPSA) is 88.6 Å². The van der Waals surface area contributed by atoms with Gasteiger partial charge >= 0.3 is 0 Å². The second-order valence-corrected chi connectivity index (χ2v) is 9.38. The number of rotatable bonds is 5.